The molecular formula is C15H20N4OS2. The zero-order valence-electron chi connectivity index (χ0n) is 12.5. The van der Waals surface area contributed by atoms with Gasteiger partial charge >= 0.3 is 6.03 Å². The summed E-state index contributed by atoms with van der Waals surface area (Å²) < 4.78 is 0. The number of carbonyl (C=O) groups excluding carboxylic acids is 1. The topological polar surface area (TPSA) is 57.3 Å². The standard InChI is InChI=1S/C15H20N4OS2/c1-19-7-2-4-11(13(19)12-5-3-8-21-12)10-17-14(20)18-15-16-6-9-22-15/h3,5-6,8-9,11,13H,2,4,7,10H2,1H3,(H2,16,17,18,20)/t11-,13-/m0/s1. The lowest BCUT2D eigenvalue weighted by atomic mass is 9.88. The Kier molecular flexibility index (Phi) is 5.07. The summed E-state index contributed by atoms with van der Waals surface area (Å²) >= 11 is 3.22. The van der Waals surface area contributed by atoms with Crippen LogP contribution in [0.3, 0.4) is 0 Å². The van der Waals surface area contributed by atoms with Crippen molar-refractivity contribution in [3.8, 4) is 0 Å². The van der Waals surface area contributed by atoms with Crippen LogP contribution in [0, 0.1) is 5.92 Å². The fraction of sp³-hybridized carbons (Fsp3) is 0.467. The molecule has 3 heterocycles. The van der Waals surface area contributed by atoms with Crippen molar-refractivity contribution < 1.29 is 4.79 Å². The first kappa shape index (κ1) is 15.5. The van der Waals surface area contributed by atoms with Crippen LogP contribution in [-0.2, 0) is 0 Å². The minimum atomic E-state index is -0.173. The van der Waals surface area contributed by atoms with Crippen LogP contribution < -0.4 is 10.6 Å². The highest BCUT2D eigenvalue weighted by Gasteiger charge is 2.31. The Morgan fingerprint density at radius 2 is 2.36 bits per heavy atom. The molecule has 0 aliphatic carbocycles. The van der Waals surface area contributed by atoms with Crippen molar-refractivity contribution in [2.24, 2.45) is 5.92 Å². The first-order chi connectivity index (χ1) is 10.7. The number of nitrogens with one attached hydrogen (secondary N) is 2. The van der Waals surface area contributed by atoms with Crippen molar-refractivity contribution >= 4 is 33.8 Å². The lowest BCUT2D eigenvalue weighted by Crippen LogP contribution is -2.42. The summed E-state index contributed by atoms with van der Waals surface area (Å²) in [5.74, 6) is 0.444. The van der Waals surface area contributed by atoms with Crippen LogP contribution in [-0.4, -0.2) is 36.1 Å². The maximum atomic E-state index is 12.0. The highest BCUT2D eigenvalue weighted by atomic mass is 32.1. The van der Waals surface area contributed by atoms with Crippen LogP contribution in [0.1, 0.15) is 23.8 Å². The molecule has 1 saturated heterocycles. The third-order valence-electron chi connectivity index (χ3n) is 4.02. The highest BCUT2D eigenvalue weighted by Crippen LogP contribution is 2.36. The summed E-state index contributed by atoms with van der Waals surface area (Å²) in [6, 6.07) is 4.52. The molecule has 0 spiro atoms. The number of hydrogen-bond donors (Lipinski definition) is 2. The van der Waals surface area contributed by atoms with Gasteiger partial charge in [0.25, 0.3) is 0 Å². The number of thiophene rings is 1. The highest BCUT2D eigenvalue weighted by molar-refractivity contribution is 7.13. The van der Waals surface area contributed by atoms with Gasteiger partial charge in [0.1, 0.15) is 0 Å². The molecule has 22 heavy (non-hydrogen) atoms. The summed E-state index contributed by atoms with van der Waals surface area (Å²) in [5.41, 5.74) is 0. The number of likely N-dealkylation sites (tertiary alicyclic amines) is 1. The largest absolute Gasteiger partial charge is 0.337 e. The molecule has 2 aromatic heterocycles. The molecule has 3 rings (SSSR count). The molecule has 0 radical (unpaired) electrons. The number of aromatic nitrogens is 1. The first-order valence-corrected chi connectivity index (χ1v) is 9.18. The average molecular weight is 336 g/mol. The summed E-state index contributed by atoms with van der Waals surface area (Å²) in [6.07, 6.45) is 4.01. The van der Waals surface area contributed by atoms with Gasteiger partial charge in [0.2, 0.25) is 0 Å². The van der Waals surface area contributed by atoms with E-state index in [2.05, 4.69) is 45.1 Å². The molecule has 2 atom stereocenters. The van der Waals surface area contributed by atoms with Gasteiger partial charge in [-0.05, 0) is 43.8 Å². The molecule has 1 fully saturated rings. The Hall–Kier alpha value is -1.44. The van der Waals surface area contributed by atoms with Gasteiger partial charge in [-0.15, -0.1) is 22.7 Å². The number of thiazole rings is 1. The van der Waals surface area contributed by atoms with E-state index in [-0.39, 0.29) is 6.03 Å². The second kappa shape index (κ2) is 7.21. The van der Waals surface area contributed by atoms with Crippen LogP contribution in [0.15, 0.2) is 29.1 Å². The second-order valence-electron chi connectivity index (χ2n) is 5.52. The molecule has 5 nitrogen and oxygen atoms in total. The number of anilines is 1. The normalized spacial score (nSPS) is 22.4. The molecule has 2 aromatic rings. The van der Waals surface area contributed by atoms with Crippen molar-refractivity contribution in [1.82, 2.24) is 15.2 Å². The number of piperidine rings is 1. The van der Waals surface area contributed by atoms with Crippen molar-refractivity contribution in [3.05, 3.63) is 34.0 Å². The Morgan fingerprint density at radius 1 is 1.45 bits per heavy atom. The van der Waals surface area contributed by atoms with E-state index >= 15 is 0 Å². The van der Waals surface area contributed by atoms with Gasteiger partial charge in [0, 0.05) is 29.0 Å². The van der Waals surface area contributed by atoms with Gasteiger partial charge in [0.05, 0.1) is 0 Å². The van der Waals surface area contributed by atoms with Gasteiger partial charge in [-0.3, -0.25) is 10.2 Å². The van der Waals surface area contributed by atoms with E-state index in [1.807, 2.05) is 5.38 Å². The second-order valence-corrected chi connectivity index (χ2v) is 7.39. The third-order valence-corrected chi connectivity index (χ3v) is 5.65. The lowest BCUT2D eigenvalue weighted by molar-refractivity contribution is 0.123. The van der Waals surface area contributed by atoms with Gasteiger partial charge in [-0.2, -0.15) is 0 Å². The van der Waals surface area contributed by atoms with Crippen LogP contribution in [0.2, 0.25) is 0 Å². The molecule has 118 valence electrons. The van der Waals surface area contributed by atoms with Crippen LogP contribution in [0.5, 0.6) is 0 Å². The maximum Gasteiger partial charge on any atom is 0.321 e. The molecule has 2 amide bonds. The van der Waals surface area contributed by atoms with Crippen molar-refractivity contribution in [2.75, 3.05) is 25.5 Å². The SMILES string of the molecule is CN1CCC[C@@H](CNC(=O)Nc2nccs2)[C@H]1c1cccs1. The zero-order valence-corrected chi connectivity index (χ0v) is 14.1. The number of rotatable bonds is 4. The first-order valence-electron chi connectivity index (χ1n) is 7.42. The van der Waals surface area contributed by atoms with Crippen molar-refractivity contribution in [1.29, 1.82) is 0 Å². The fourth-order valence-corrected chi connectivity index (χ4v) is 4.54. The molecule has 1 aliphatic rings. The Bertz CT molecular complexity index is 585. The fourth-order valence-electron chi connectivity index (χ4n) is 3.03. The van der Waals surface area contributed by atoms with Crippen molar-refractivity contribution in [2.45, 2.75) is 18.9 Å². The molecule has 0 aromatic carbocycles. The lowest BCUT2D eigenvalue weighted by Gasteiger charge is -2.38. The number of hydrogen-bond acceptors (Lipinski definition) is 5. The van der Waals surface area contributed by atoms with E-state index in [0.717, 1.165) is 13.0 Å². The Labute approximate surface area is 138 Å². The van der Waals surface area contributed by atoms with Gasteiger partial charge in [-0.25, -0.2) is 9.78 Å². The van der Waals surface area contributed by atoms with Crippen LogP contribution in [0.25, 0.3) is 0 Å². The molecule has 0 unspecified atom stereocenters. The number of amides is 2. The Morgan fingerprint density at radius 3 is 3.09 bits per heavy atom. The van der Waals surface area contributed by atoms with Crippen molar-refractivity contribution in [3.63, 3.8) is 0 Å². The minimum Gasteiger partial charge on any atom is -0.337 e. The zero-order chi connectivity index (χ0) is 15.4. The van der Waals surface area contributed by atoms with Crippen LogP contribution in [0.4, 0.5) is 9.93 Å². The molecule has 7 heteroatoms. The summed E-state index contributed by atoms with van der Waals surface area (Å²) in [4.78, 5) is 19.8. The predicted molar refractivity (Wildman–Crippen MR) is 91.5 cm³/mol. The minimum absolute atomic E-state index is 0.173. The smallest absolute Gasteiger partial charge is 0.321 e. The predicted octanol–water partition coefficient (Wildman–Crippen LogP) is 3.41. The van der Waals surface area contributed by atoms with E-state index in [1.165, 1.54) is 22.6 Å². The monoisotopic (exact) mass is 336 g/mol. The molecule has 1 aliphatic heterocycles. The van der Waals surface area contributed by atoms with E-state index < -0.39 is 0 Å². The summed E-state index contributed by atoms with van der Waals surface area (Å²) in [5, 5.41) is 10.4. The number of nitrogens with zero attached hydrogens (tertiary/aromatic N) is 2. The van der Waals surface area contributed by atoms with E-state index in [0.29, 0.717) is 23.6 Å². The quantitative estimate of drug-likeness (QED) is 0.899. The molecular weight excluding hydrogens is 316 g/mol. The van der Waals surface area contributed by atoms with E-state index in [1.54, 1.807) is 17.5 Å². The van der Waals surface area contributed by atoms with Crippen LogP contribution >= 0.6 is 22.7 Å². The van der Waals surface area contributed by atoms with Gasteiger partial charge < -0.3 is 5.32 Å². The Balaban J connectivity index is 1.58. The molecule has 0 bridgehead atoms. The maximum absolute atomic E-state index is 12.0. The summed E-state index contributed by atoms with van der Waals surface area (Å²) in [7, 11) is 2.17. The van der Waals surface area contributed by atoms with Gasteiger partial charge in [-0.1, -0.05) is 6.07 Å². The molecule has 2 N–H and O–H groups in total. The number of carbonyl (C=O) groups is 1. The van der Waals surface area contributed by atoms with E-state index in [4.69, 9.17) is 0 Å². The number of urea groups is 1. The van der Waals surface area contributed by atoms with E-state index in [9.17, 15) is 4.79 Å². The molecule has 0 saturated carbocycles. The third kappa shape index (κ3) is 3.66. The summed E-state index contributed by atoms with van der Waals surface area (Å²) in [6.45, 7) is 1.80. The average Bonchev–Trinajstić information content (AvgIpc) is 3.18. The van der Waals surface area contributed by atoms with Gasteiger partial charge in [0.15, 0.2) is 5.13 Å².